The maximum Gasteiger partial charge on any atom is 0.310 e. The molecular weight excluding hydrogens is 470 g/mol. The maximum atomic E-state index is 11.9. The fourth-order valence-electron chi connectivity index (χ4n) is 3.22. The largest absolute Gasteiger partial charge is 0.489 e. The number of thiol groups is 1. The molecule has 0 N–H and O–H groups in total. The van der Waals surface area contributed by atoms with E-state index in [1.165, 1.54) is 0 Å². The topological polar surface area (TPSA) is 74.6 Å². The van der Waals surface area contributed by atoms with Crippen molar-refractivity contribution in [2.75, 3.05) is 6.61 Å². The second kappa shape index (κ2) is 9.22. The maximum absolute atomic E-state index is 11.9. The molecule has 0 fully saturated rings. The third kappa shape index (κ3) is 4.70. The minimum atomic E-state index is -2.67. The Bertz CT molecular complexity index is 1140. The highest BCUT2D eigenvalue weighted by Gasteiger charge is 2.25. The number of hydrogen-bond donors (Lipinski definition) is 1. The second-order valence-corrected chi connectivity index (χ2v) is 9.79. The highest BCUT2D eigenvalue weighted by atomic mass is 79.9. The zero-order valence-corrected chi connectivity index (χ0v) is 19.5. The van der Waals surface area contributed by atoms with Crippen LogP contribution in [0.2, 0.25) is 0 Å². The van der Waals surface area contributed by atoms with Crippen LogP contribution in [0.4, 0.5) is 0 Å². The van der Waals surface area contributed by atoms with Gasteiger partial charge in [-0.05, 0) is 50.6 Å². The molecule has 3 rings (SSSR count). The average Bonchev–Trinajstić information content (AvgIpc) is 3.12. The average molecular weight is 494 g/mol. The van der Waals surface area contributed by atoms with Gasteiger partial charge in [-0.15, -0.1) is 0 Å². The Balaban J connectivity index is 1.88. The minimum absolute atomic E-state index is 0.139. The molecule has 0 atom stereocenters. The first-order chi connectivity index (χ1) is 14.2. The van der Waals surface area contributed by atoms with Crippen molar-refractivity contribution in [2.45, 2.75) is 38.7 Å². The summed E-state index contributed by atoms with van der Waals surface area (Å²) >= 11 is 3.57. The highest BCUT2D eigenvalue weighted by molar-refractivity contribution is 9.10. The number of para-hydroxylation sites is 1. The third-order valence-corrected chi connectivity index (χ3v) is 6.63. The molecule has 3 aromatic rings. The second-order valence-electron chi connectivity index (χ2n) is 7.33. The number of carbonyl (C=O) groups excluding carboxylic acids is 1. The molecule has 6 nitrogen and oxygen atoms in total. The number of fused-ring (bicyclic) bond motifs is 1. The van der Waals surface area contributed by atoms with Crippen molar-refractivity contribution < 1.29 is 22.7 Å². The number of halogens is 1. The van der Waals surface area contributed by atoms with Gasteiger partial charge in [-0.25, -0.2) is 8.42 Å². The van der Waals surface area contributed by atoms with Crippen LogP contribution in [0.5, 0.6) is 5.75 Å². The van der Waals surface area contributed by atoms with Crippen LogP contribution in [0, 0.1) is 0 Å². The molecule has 0 aliphatic carbocycles. The zero-order chi connectivity index (χ0) is 21.9. The fraction of sp³-hybridized carbons (Fsp3) is 0.318. The summed E-state index contributed by atoms with van der Waals surface area (Å²) in [4.78, 5) is 10.8. The van der Waals surface area contributed by atoms with E-state index in [4.69, 9.17) is 9.47 Å². The number of nitrogens with zero attached hydrogens (tertiary/aromatic N) is 1. The Kier molecular flexibility index (Phi) is 6.88. The number of benzene rings is 2. The first kappa shape index (κ1) is 22.4. The molecule has 1 aromatic heterocycles. The Morgan fingerprint density at radius 1 is 1.17 bits per heavy atom. The van der Waals surface area contributed by atoms with Crippen LogP contribution in [0.3, 0.4) is 0 Å². The smallest absolute Gasteiger partial charge is 0.310 e. The van der Waals surface area contributed by atoms with Crippen molar-refractivity contribution >= 4 is 43.5 Å². The molecule has 2 aromatic carbocycles. The van der Waals surface area contributed by atoms with Gasteiger partial charge in [0, 0.05) is 21.6 Å². The van der Waals surface area contributed by atoms with Crippen LogP contribution in [-0.4, -0.2) is 25.6 Å². The van der Waals surface area contributed by atoms with Crippen molar-refractivity contribution in [2.24, 2.45) is 0 Å². The summed E-state index contributed by atoms with van der Waals surface area (Å²) in [5.74, 6) is 0.310. The molecule has 0 saturated heterocycles. The molecule has 0 radical (unpaired) electrons. The number of carbonyl (C=O) groups is 1. The number of esters is 1. The lowest BCUT2D eigenvalue weighted by Crippen LogP contribution is -2.26. The van der Waals surface area contributed by atoms with E-state index in [1.807, 2.05) is 42.5 Å². The van der Waals surface area contributed by atoms with Gasteiger partial charge in [0.05, 0.1) is 18.5 Å². The SMILES string of the molecule is CCOC(=O)Cc1ccccc1OCc1cc(Br)c2ccn(C(C)(C)[SH](=O)=O)c2c1. The van der Waals surface area contributed by atoms with E-state index >= 15 is 0 Å². The Morgan fingerprint density at radius 2 is 1.90 bits per heavy atom. The van der Waals surface area contributed by atoms with E-state index in [-0.39, 0.29) is 19.0 Å². The third-order valence-electron chi connectivity index (χ3n) is 4.86. The number of ether oxygens (including phenoxy) is 2. The van der Waals surface area contributed by atoms with Gasteiger partial charge in [0.15, 0.2) is 10.7 Å². The molecular formula is C22H24BrNO5S. The molecule has 1 heterocycles. The molecule has 0 aliphatic heterocycles. The fourth-order valence-corrected chi connectivity index (χ4v) is 4.20. The van der Waals surface area contributed by atoms with E-state index in [9.17, 15) is 13.2 Å². The normalized spacial score (nSPS) is 11.8. The van der Waals surface area contributed by atoms with E-state index in [0.717, 1.165) is 26.5 Å². The van der Waals surface area contributed by atoms with Gasteiger partial charge < -0.3 is 14.0 Å². The zero-order valence-electron chi connectivity index (χ0n) is 17.1. The van der Waals surface area contributed by atoms with Gasteiger partial charge in [-0.2, -0.15) is 0 Å². The number of hydrogen-bond acceptors (Lipinski definition) is 5. The molecule has 8 heteroatoms. The van der Waals surface area contributed by atoms with Crippen LogP contribution in [0.1, 0.15) is 31.9 Å². The summed E-state index contributed by atoms with van der Waals surface area (Å²) in [6, 6.07) is 13.1. The predicted octanol–water partition coefficient (Wildman–Crippen LogP) is 4.39. The van der Waals surface area contributed by atoms with Crippen molar-refractivity contribution in [1.29, 1.82) is 0 Å². The van der Waals surface area contributed by atoms with Crippen molar-refractivity contribution in [1.82, 2.24) is 4.57 Å². The van der Waals surface area contributed by atoms with Crippen molar-refractivity contribution in [3.05, 3.63) is 64.3 Å². The molecule has 0 saturated carbocycles. The Hall–Kier alpha value is -2.32. The number of aromatic nitrogens is 1. The van der Waals surface area contributed by atoms with E-state index in [0.29, 0.717) is 12.4 Å². The van der Waals surface area contributed by atoms with E-state index in [2.05, 4.69) is 15.9 Å². The summed E-state index contributed by atoms with van der Waals surface area (Å²) in [5, 5.41) is 0.923. The lowest BCUT2D eigenvalue weighted by molar-refractivity contribution is -0.142. The summed E-state index contributed by atoms with van der Waals surface area (Å²) in [5.41, 5.74) is 2.42. The molecule has 160 valence electrons. The molecule has 30 heavy (non-hydrogen) atoms. The van der Waals surface area contributed by atoms with Crippen molar-refractivity contribution in [3.8, 4) is 5.75 Å². The standard InChI is InChI=1S/C22H24BrNO5S/c1-4-28-21(25)13-16-7-5-6-8-20(16)29-14-15-11-18(23)17-9-10-24(19(17)12-15)22(2,3)30(26)27/h5-12,30H,4,13-14H2,1-3H3. The monoisotopic (exact) mass is 493 g/mol. The summed E-state index contributed by atoms with van der Waals surface area (Å²) in [6.45, 7) is 5.71. The van der Waals surface area contributed by atoms with Gasteiger partial charge in [0.25, 0.3) is 0 Å². The number of rotatable bonds is 8. The minimum Gasteiger partial charge on any atom is -0.489 e. The molecule has 0 aliphatic rings. The van der Waals surface area contributed by atoms with Gasteiger partial charge >= 0.3 is 5.97 Å². The first-order valence-electron chi connectivity index (χ1n) is 9.54. The Morgan fingerprint density at radius 3 is 2.60 bits per heavy atom. The summed E-state index contributed by atoms with van der Waals surface area (Å²) in [7, 11) is -2.67. The highest BCUT2D eigenvalue weighted by Crippen LogP contribution is 2.32. The molecule has 0 unspecified atom stereocenters. The molecule has 0 amide bonds. The quantitative estimate of drug-likeness (QED) is 0.372. The lowest BCUT2D eigenvalue weighted by Gasteiger charge is -2.21. The van der Waals surface area contributed by atoms with E-state index in [1.54, 1.807) is 31.5 Å². The van der Waals surface area contributed by atoms with Crippen LogP contribution in [0.15, 0.2) is 53.1 Å². The summed E-state index contributed by atoms with van der Waals surface area (Å²) < 4.78 is 37.1. The van der Waals surface area contributed by atoms with Gasteiger partial charge in [-0.1, -0.05) is 34.1 Å². The van der Waals surface area contributed by atoms with Gasteiger partial charge in [-0.3, -0.25) is 4.79 Å². The molecule has 0 bridgehead atoms. The van der Waals surface area contributed by atoms with Gasteiger partial charge in [0.1, 0.15) is 17.2 Å². The Labute approximate surface area is 185 Å². The summed E-state index contributed by atoms with van der Waals surface area (Å²) in [6.07, 6.45) is 1.92. The molecule has 0 spiro atoms. The first-order valence-corrected chi connectivity index (χ1v) is 11.5. The van der Waals surface area contributed by atoms with Crippen LogP contribution in [-0.2, 0) is 38.1 Å². The van der Waals surface area contributed by atoms with Crippen LogP contribution < -0.4 is 4.74 Å². The predicted molar refractivity (Wildman–Crippen MR) is 120 cm³/mol. The van der Waals surface area contributed by atoms with Gasteiger partial charge in [0.2, 0.25) is 0 Å². The van der Waals surface area contributed by atoms with E-state index < -0.39 is 15.6 Å². The van der Waals surface area contributed by atoms with Crippen LogP contribution >= 0.6 is 15.9 Å². The lowest BCUT2D eigenvalue weighted by atomic mass is 10.1. The van der Waals surface area contributed by atoms with Crippen molar-refractivity contribution in [3.63, 3.8) is 0 Å². The van der Waals surface area contributed by atoms with Crippen LogP contribution in [0.25, 0.3) is 10.9 Å².